The van der Waals surface area contributed by atoms with Crippen LogP contribution in [0.1, 0.15) is 33.5 Å². The van der Waals surface area contributed by atoms with Crippen LogP contribution in [0.25, 0.3) is 5.57 Å². The van der Waals surface area contributed by atoms with E-state index in [0.29, 0.717) is 11.6 Å². The average Bonchev–Trinajstić information content (AvgIpc) is 2.85. The zero-order chi connectivity index (χ0) is 25.3. The van der Waals surface area contributed by atoms with E-state index in [1.54, 1.807) is 6.92 Å². The third-order valence-electron chi connectivity index (χ3n) is 5.20. The van der Waals surface area contributed by atoms with E-state index >= 15 is 8.78 Å². The van der Waals surface area contributed by atoms with Gasteiger partial charge in [0.05, 0.1) is 23.4 Å². The minimum atomic E-state index is -4.83. The van der Waals surface area contributed by atoms with E-state index in [0.717, 1.165) is 23.1 Å². The number of amides is 3. The Bertz CT molecular complexity index is 1170. The summed E-state index contributed by atoms with van der Waals surface area (Å²) in [5.41, 5.74) is 2.61. The van der Waals surface area contributed by atoms with Crippen LogP contribution in [0.4, 0.5) is 27.6 Å². The second-order valence-corrected chi connectivity index (χ2v) is 7.72. The molecule has 180 valence electrons. The quantitative estimate of drug-likeness (QED) is 0.516. The second kappa shape index (κ2) is 9.24. The maximum Gasteiger partial charge on any atom is 0.417 e. The highest BCUT2D eigenvalue weighted by Gasteiger charge is 2.43. The number of rotatable bonds is 4. The van der Waals surface area contributed by atoms with Crippen LogP contribution in [0.3, 0.4) is 0 Å². The molecule has 1 heterocycles. The Hall–Kier alpha value is -3.76. The van der Waals surface area contributed by atoms with Crippen molar-refractivity contribution < 1.29 is 36.3 Å². The summed E-state index contributed by atoms with van der Waals surface area (Å²) < 4.78 is 70.8. The molecule has 0 aliphatic carbocycles. The summed E-state index contributed by atoms with van der Waals surface area (Å²) in [5.74, 6) is -6.60. The molecule has 3 N–H and O–H groups in total. The van der Waals surface area contributed by atoms with Crippen molar-refractivity contribution in [1.29, 1.82) is 0 Å². The number of benzene rings is 2. The van der Waals surface area contributed by atoms with Gasteiger partial charge in [-0.25, -0.2) is 8.78 Å². The highest BCUT2D eigenvalue weighted by molar-refractivity contribution is 6.10. The predicted molar refractivity (Wildman–Crippen MR) is 114 cm³/mol. The smallest absolute Gasteiger partial charge is 0.368 e. The Morgan fingerprint density at radius 2 is 1.82 bits per heavy atom. The SMILES string of the molecule is Cc1ccc2c(c1)/C(=C/C(=O)NCC(N)=O)C(F)(F)CCN2C(=O)c1ccccc1C(F)(F)F. The fourth-order valence-corrected chi connectivity index (χ4v) is 3.62. The van der Waals surface area contributed by atoms with Crippen molar-refractivity contribution in [3.05, 3.63) is 70.8 Å². The lowest BCUT2D eigenvalue weighted by Gasteiger charge is -2.24. The molecule has 0 saturated carbocycles. The van der Waals surface area contributed by atoms with E-state index < -0.39 is 66.0 Å². The molecule has 3 amide bonds. The first-order chi connectivity index (χ1) is 15.8. The highest BCUT2D eigenvalue weighted by atomic mass is 19.4. The van der Waals surface area contributed by atoms with Crippen LogP contribution < -0.4 is 16.0 Å². The summed E-state index contributed by atoms with van der Waals surface area (Å²) in [4.78, 5) is 37.1. The Morgan fingerprint density at radius 1 is 1.15 bits per heavy atom. The van der Waals surface area contributed by atoms with Gasteiger partial charge in [-0.05, 0) is 31.2 Å². The molecule has 0 atom stereocenters. The molecule has 11 heteroatoms. The van der Waals surface area contributed by atoms with Crippen LogP contribution in [0.2, 0.25) is 0 Å². The van der Waals surface area contributed by atoms with Gasteiger partial charge in [-0.1, -0.05) is 23.8 Å². The number of nitrogens with two attached hydrogens (primary N) is 1. The van der Waals surface area contributed by atoms with Crippen molar-refractivity contribution in [2.24, 2.45) is 5.73 Å². The molecular weight excluding hydrogens is 461 g/mol. The van der Waals surface area contributed by atoms with Crippen LogP contribution in [0, 0.1) is 6.92 Å². The Kier molecular flexibility index (Phi) is 6.76. The van der Waals surface area contributed by atoms with Gasteiger partial charge in [0.2, 0.25) is 11.8 Å². The molecule has 0 spiro atoms. The van der Waals surface area contributed by atoms with Gasteiger partial charge < -0.3 is 16.0 Å². The number of nitrogens with one attached hydrogen (secondary N) is 1. The van der Waals surface area contributed by atoms with Gasteiger partial charge in [-0.15, -0.1) is 0 Å². The lowest BCUT2D eigenvalue weighted by atomic mass is 9.95. The van der Waals surface area contributed by atoms with E-state index in [1.807, 2.05) is 0 Å². The number of anilines is 1. The lowest BCUT2D eigenvalue weighted by Crippen LogP contribution is -2.34. The number of primary amides is 1. The van der Waals surface area contributed by atoms with Gasteiger partial charge in [0.25, 0.3) is 11.8 Å². The third kappa shape index (κ3) is 5.24. The van der Waals surface area contributed by atoms with Crippen molar-refractivity contribution in [3.63, 3.8) is 0 Å². The van der Waals surface area contributed by atoms with Crippen molar-refractivity contribution in [2.45, 2.75) is 25.4 Å². The molecule has 3 rings (SSSR count). The molecule has 0 unspecified atom stereocenters. The van der Waals surface area contributed by atoms with Crippen LogP contribution in [-0.2, 0) is 15.8 Å². The molecule has 0 aromatic heterocycles. The average molecular weight is 481 g/mol. The number of aryl methyl sites for hydroxylation is 1. The number of allylic oxidation sites excluding steroid dienone is 1. The van der Waals surface area contributed by atoms with Crippen molar-refractivity contribution in [2.75, 3.05) is 18.0 Å². The number of carbonyl (C=O) groups excluding carboxylic acids is 3. The van der Waals surface area contributed by atoms with Crippen LogP contribution in [0.5, 0.6) is 0 Å². The van der Waals surface area contributed by atoms with E-state index in [4.69, 9.17) is 5.73 Å². The van der Waals surface area contributed by atoms with E-state index in [-0.39, 0.29) is 11.3 Å². The van der Waals surface area contributed by atoms with Crippen molar-refractivity contribution >= 4 is 29.0 Å². The topological polar surface area (TPSA) is 92.5 Å². The van der Waals surface area contributed by atoms with Gasteiger partial charge in [-0.2, -0.15) is 13.2 Å². The van der Waals surface area contributed by atoms with E-state index in [9.17, 15) is 27.6 Å². The number of hydrogen-bond donors (Lipinski definition) is 2. The van der Waals surface area contributed by atoms with E-state index in [1.165, 1.54) is 24.3 Å². The van der Waals surface area contributed by atoms with Gasteiger partial charge >= 0.3 is 6.18 Å². The standard InChI is InChI=1S/C23H20F5N3O3/c1-13-6-7-18-15(10-13)17(11-20(33)30-12-19(29)32)22(24,25)8-9-31(18)21(34)14-4-2-3-5-16(14)23(26,27)28/h2-7,10-11H,8-9,12H2,1H3,(H2,29,32)(H,30,33)/b17-11-. The molecule has 0 bridgehead atoms. The van der Waals surface area contributed by atoms with Gasteiger partial charge in [-0.3, -0.25) is 14.4 Å². The fraction of sp³-hybridized carbons (Fsp3) is 0.261. The monoisotopic (exact) mass is 481 g/mol. The first-order valence-corrected chi connectivity index (χ1v) is 10.1. The van der Waals surface area contributed by atoms with Crippen molar-refractivity contribution in [3.8, 4) is 0 Å². The summed E-state index contributed by atoms with van der Waals surface area (Å²) >= 11 is 0. The summed E-state index contributed by atoms with van der Waals surface area (Å²) in [6, 6.07) is 8.27. The zero-order valence-electron chi connectivity index (χ0n) is 17.9. The van der Waals surface area contributed by atoms with Crippen LogP contribution >= 0.6 is 0 Å². The summed E-state index contributed by atoms with van der Waals surface area (Å²) in [5, 5.41) is 2.09. The molecule has 2 aromatic rings. The lowest BCUT2D eigenvalue weighted by molar-refractivity contribution is -0.138. The normalized spacial score (nSPS) is 16.5. The highest BCUT2D eigenvalue weighted by Crippen LogP contribution is 2.44. The molecular formula is C23H20F5N3O3. The largest absolute Gasteiger partial charge is 0.417 e. The van der Waals surface area contributed by atoms with Gasteiger partial charge in [0, 0.05) is 30.2 Å². The maximum absolute atomic E-state index is 15.1. The molecule has 6 nitrogen and oxygen atoms in total. The summed E-state index contributed by atoms with van der Waals surface area (Å²) in [6.45, 7) is 0.418. The number of hydrogen-bond acceptors (Lipinski definition) is 3. The molecule has 1 aliphatic heterocycles. The first-order valence-electron chi connectivity index (χ1n) is 10.1. The molecule has 0 fully saturated rings. The first kappa shape index (κ1) is 24.9. The van der Waals surface area contributed by atoms with Crippen molar-refractivity contribution in [1.82, 2.24) is 5.32 Å². The molecule has 0 radical (unpaired) electrons. The third-order valence-corrected chi connectivity index (χ3v) is 5.20. The molecule has 34 heavy (non-hydrogen) atoms. The summed E-state index contributed by atoms with van der Waals surface area (Å²) in [6.07, 6.45) is -5.17. The Labute approximate surface area is 191 Å². The number of fused-ring (bicyclic) bond motifs is 1. The zero-order valence-corrected chi connectivity index (χ0v) is 17.9. The van der Waals surface area contributed by atoms with Gasteiger partial charge in [0.15, 0.2) is 0 Å². The molecule has 0 saturated heterocycles. The van der Waals surface area contributed by atoms with Gasteiger partial charge in [0.1, 0.15) is 0 Å². The second-order valence-electron chi connectivity index (χ2n) is 7.72. The number of alkyl halides is 5. The Balaban J connectivity index is 2.14. The molecule has 1 aliphatic rings. The predicted octanol–water partition coefficient (Wildman–Crippen LogP) is 3.68. The van der Waals surface area contributed by atoms with E-state index in [2.05, 4.69) is 5.32 Å². The minimum absolute atomic E-state index is 0.0706. The molecule has 2 aromatic carbocycles. The maximum atomic E-state index is 15.1. The minimum Gasteiger partial charge on any atom is -0.368 e. The summed E-state index contributed by atoms with van der Waals surface area (Å²) in [7, 11) is 0. The van der Waals surface area contributed by atoms with Crippen LogP contribution in [-0.4, -0.2) is 36.7 Å². The Morgan fingerprint density at radius 3 is 2.47 bits per heavy atom. The number of nitrogens with zero attached hydrogens (tertiary/aromatic N) is 1. The number of carbonyl (C=O) groups is 3. The number of halogens is 5. The fourth-order valence-electron chi connectivity index (χ4n) is 3.62. The van der Waals surface area contributed by atoms with Crippen LogP contribution in [0.15, 0.2) is 48.5 Å².